The van der Waals surface area contributed by atoms with Gasteiger partial charge >= 0.3 is 0 Å². The standard InChI is InChI=1S/C22H26N2OS/c1-6-11-24-19-10-9-17(14(2)3)13-20(19)26-22(24)23-21(25)18-12-15(4)7-8-16(18)5/h7-10,12-14H,6,11H2,1-5H3. The molecule has 0 aliphatic heterocycles. The van der Waals surface area contributed by atoms with E-state index in [1.54, 1.807) is 11.3 Å². The number of benzene rings is 2. The minimum Gasteiger partial charge on any atom is -0.316 e. The summed E-state index contributed by atoms with van der Waals surface area (Å²) in [5.41, 5.74) is 5.21. The third kappa shape index (κ3) is 3.65. The van der Waals surface area contributed by atoms with Crippen LogP contribution in [0, 0.1) is 13.8 Å². The molecule has 0 bridgehead atoms. The van der Waals surface area contributed by atoms with Gasteiger partial charge in [0.1, 0.15) is 0 Å². The molecule has 3 nitrogen and oxygen atoms in total. The van der Waals surface area contributed by atoms with E-state index < -0.39 is 0 Å². The van der Waals surface area contributed by atoms with Crippen LogP contribution in [-0.2, 0) is 6.54 Å². The second kappa shape index (κ2) is 7.58. The maximum Gasteiger partial charge on any atom is 0.279 e. The fourth-order valence-electron chi connectivity index (χ4n) is 3.09. The third-order valence-electron chi connectivity index (χ3n) is 4.64. The van der Waals surface area contributed by atoms with Gasteiger partial charge in [-0.1, -0.05) is 55.9 Å². The van der Waals surface area contributed by atoms with Crippen molar-refractivity contribution in [3.05, 3.63) is 63.5 Å². The number of nitrogens with zero attached hydrogens (tertiary/aromatic N) is 2. The van der Waals surface area contributed by atoms with Crippen LogP contribution < -0.4 is 4.80 Å². The molecule has 0 atom stereocenters. The molecule has 0 radical (unpaired) electrons. The number of fused-ring (bicyclic) bond motifs is 1. The summed E-state index contributed by atoms with van der Waals surface area (Å²) < 4.78 is 3.37. The molecule has 3 aromatic rings. The molecule has 4 heteroatoms. The van der Waals surface area contributed by atoms with E-state index in [1.807, 2.05) is 32.0 Å². The maximum absolute atomic E-state index is 12.8. The monoisotopic (exact) mass is 366 g/mol. The minimum absolute atomic E-state index is 0.160. The van der Waals surface area contributed by atoms with Crippen molar-refractivity contribution in [1.82, 2.24) is 4.57 Å². The van der Waals surface area contributed by atoms with Crippen LogP contribution in [0.15, 0.2) is 41.4 Å². The molecule has 3 rings (SSSR count). The average Bonchev–Trinajstić information content (AvgIpc) is 2.94. The van der Waals surface area contributed by atoms with E-state index in [0.717, 1.165) is 34.4 Å². The van der Waals surface area contributed by atoms with E-state index >= 15 is 0 Å². The molecule has 1 aromatic heterocycles. The van der Waals surface area contributed by atoms with Crippen LogP contribution in [0.2, 0.25) is 0 Å². The van der Waals surface area contributed by atoms with Gasteiger partial charge < -0.3 is 4.57 Å². The van der Waals surface area contributed by atoms with Crippen molar-refractivity contribution in [2.45, 2.75) is 53.5 Å². The van der Waals surface area contributed by atoms with E-state index in [4.69, 9.17) is 0 Å². The zero-order chi connectivity index (χ0) is 18.8. The molecule has 0 fully saturated rings. The average molecular weight is 367 g/mol. The number of aromatic nitrogens is 1. The Kier molecular flexibility index (Phi) is 5.42. The fourth-order valence-corrected chi connectivity index (χ4v) is 4.19. The van der Waals surface area contributed by atoms with Crippen LogP contribution in [0.4, 0.5) is 0 Å². The topological polar surface area (TPSA) is 34.4 Å². The summed E-state index contributed by atoms with van der Waals surface area (Å²) in [5, 5.41) is 0. The highest BCUT2D eigenvalue weighted by Gasteiger charge is 2.12. The molecular weight excluding hydrogens is 340 g/mol. The first-order chi connectivity index (χ1) is 12.4. The highest BCUT2D eigenvalue weighted by atomic mass is 32.1. The van der Waals surface area contributed by atoms with Crippen molar-refractivity contribution < 1.29 is 4.79 Å². The van der Waals surface area contributed by atoms with Crippen LogP contribution in [0.1, 0.15) is 60.2 Å². The van der Waals surface area contributed by atoms with Gasteiger partial charge in [0.25, 0.3) is 5.91 Å². The van der Waals surface area contributed by atoms with Crippen molar-refractivity contribution in [3.63, 3.8) is 0 Å². The van der Waals surface area contributed by atoms with Crippen molar-refractivity contribution >= 4 is 27.5 Å². The molecule has 0 saturated carbocycles. The lowest BCUT2D eigenvalue weighted by molar-refractivity contribution is 0.0997. The molecule has 1 amide bonds. The zero-order valence-electron chi connectivity index (χ0n) is 16.2. The Morgan fingerprint density at radius 2 is 1.92 bits per heavy atom. The Labute approximate surface area is 159 Å². The van der Waals surface area contributed by atoms with Gasteiger partial charge in [0.2, 0.25) is 0 Å². The second-order valence-corrected chi connectivity index (χ2v) is 8.16. The minimum atomic E-state index is -0.160. The lowest BCUT2D eigenvalue weighted by Gasteiger charge is -2.06. The number of amides is 1. The van der Waals surface area contributed by atoms with Gasteiger partial charge in [-0.25, -0.2) is 0 Å². The first-order valence-corrected chi connectivity index (χ1v) is 10.0. The van der Waals surface area contributed by atoms with Crippen LogP contribution in [0.5, 0.6) is 0 Å². The first kappa shape index (κ1) is 18.6. The van der Waals surface area contributed by atoms with Crippen molar-refractivity contribution in [3.8, 4) is 0 Å². The van der Waals surface area contributed by atoms with Crippen LogP contribution in [0.3, 0.4) is 0 Å². The summed E-state index contributed by atoms with van der Waals surface area (Å²) in [6.45, 7) is 11.4. The zero-order valence-corrected chi connectivity index (χ0v) is 17.0. The predicted octanol–water partition coefficient (Wildman–Crippen LogP) is 5.59. The summed E-state index contributed by atoms with van der Waals surface area (Å²) >= 11 is 1.60. The van der Waals surface area contributed by atoms with E-state index in [-0.39, 0.29) is 5.91 Å². The molecule has 1 heterocycles. The number of hydrogen-bond donors (Lipinski definition) is 0. The van der Waals surface area contributed by atoms with E-state index in [0.29, 0.717) is 11.5 Å². The van der Waals surface area contributed by atoms with Crippen LogP contribution in [-0.4, -0.2) is 10.5 Å². The van der Waals surface area contributed by atoms with Gasteiger partial charge in [-0.2, -0.15) is 4.99 Å². The van der Waals surface area contributed by atoms with Gasteiger partial charge in [0, 0.05) is 12.1 Å². The number of hydrogen-bond acceptors (Lipinski definition) is 2. The lowest BCUT2D eigenvalue weighted by Crippen LogP contribution is -2.17. The SMILES string of the molecule is CCCn1c(=NC(=O)c2cc(C)ccc2C)sc2cc(C(C)C)ccc21. The molecule has 0 aliphatic rings. The summed E-state index contributed by atoms with van der Waals surface area (Å²) in [6.07, 6.45) is 1.00. The van der Waals surface area contributed by atoms with E-state index in [1.165, 1.54) is 10.3 Å². The molecule has 0 N–H and O–H groups in total. The van der Waals surface area contributed by atoms with E-state index in [2.05, 4.69) is 48.5 Å². The first-order valence-electron chi connectivity index (χ1n) is 9.20. The smallest absolute Gasteiger partial charge is 0.279 e. The quantitative estimate of drug-likeness (QED) is 0.592. The van der Waals surface area contributed by atoms with Gasteiger partial charge in [0.15, 0.2) is 4.80 Å². The maximum atomic E-state index is 12.8. The molecule has 0 aliphatic carbocycles. The van der Waals surface area contributed by atoms with Crippen molar-refractivity contribution in [1.29, 1.82) is 0 Å². The largest absolute Gasteiger partial charge is 0.316 e. The lowest BCUT2D eigenvalue weighted by atomic mass is 10.0. The Morgan fingerprint density at radius 1 is 1.15 bits per heavy atom. The highest BCUT2D eigenvalue weighted by Crippen LogP contribution is 2.24. The van der Waals surface area contributed by atoms with Crippen molar-refractivity contribution in [2.24, 2.45) is 4.99 Å². The summed E-state index contributed by atoms with van der Waals surface area (Å²) in [6, 6.07) is 12.5. The molecule has 0 saturated heterocycles. The van der Waals surface area contributed by atoms with Crippen LogP contribution >= 0.6 is 11.3 Å². The Balaban J connectivity index is 2.16. The Morgan fingerprint density at radius 3 is 2.62 bits per heavy atom. The third-order valence-corrected chi connectivity index (χ3v) is 5.68. The highest BCUT2D eigenvalue weighted by molar-refractivity contribution is 7.16. The molecule has 2 aromatic carbocycles. The second-order valence-electron chi connectivity index (χ2n) is 7.15. The number of rotatable bonds is 4. The van der Waals surface area contributed by atoms with Gasteiger partial charge in [0.05, 0.1) is 10.2 Å². The van der Waals surface area contributed by atoms with Crippen molar-refractivity contribution in [2.75, 3.05) is 0 Å². The fraction of sp³-hybridized carbons (Fsp3) is 0.364. The molecule has 136 valence electrons. The van der Waals surface area contributed by atoms with Gasteiger partial charge in [-0.3, -0.25) is 4.79 Å². The Hall–Kier alpha value is -2.20. The van der Waals surface area contributed by atoms with E-state index in [9.17, 15) is 4.79 Å². The molecule has 26 heavy (non-hydrogen) atoms. The summed E-state index contributed by atoms with van der Waals surface area (Å²) in [4.78, 5) is 18.1. The van der Waals surface area contributed by atoms with Gasteiger partial charge in [-0.05, 0) is 55.5 Å². The number of thiazole rings is 1. The number of carbonyl (C=O) groups excluding carboxylic acids is 1. The molecule has 0 spiro atoms. The number of carbonyl (C=O) groups is 1. The molecule has 0 unspecified atom stereocenters. The molecular formula is C22H26N2OS. The Bertz CT molecular complexity index is 1020. The normalized spacial score (nSPS) is 12.3. The van der Waals surface area contributed by atoms with Crippen LogP contribution in [0.25, 0.3) is 10.2 Å². The number of aryl methyl sites for hydroxylation is 3. The predicted molar refractivity (Wildman–Crippen MR) is 110 cm³/mol. The summed E-state index contributed by atoms with van der Waals surface area (Å²) in [7, 11) is 0. The summed E-state index contributed by atoms with van der Waals surface area (Å²) in [5.74, 6) is 0.324. The van der Waals surface area contributed by atoms with Gasteiger partial charge in [-0.15, -0.1) is 0 Å².